The number of ether oxygens (including phenoxy) is 1. The zero-order valence-corrected chi connectivity index (χ0v) is 20.5. The number of benzene rings is 2. The van der Waals surface area contributed by atoms with Gasteiger partial charge in [0.2, 0.25) is 0 Å². The van der Waals surface area contributed by atoms with E-state index in [1.54, 1.807) is 32.9 Å². The fourth-order valence-electron chi connectivity index (χ4n) is 3.39. The minimum Gasteiger partial charge on any atom is -0.508 e. The molecule has 0 aliphatic carbocycles. The second-order valence-electron chi connectivity index (χ2n) is 8.94. The molecule has 2 atom stereocenters. The molecule has 0 spiro atoms. The Morgan fingerprint density at radius 3 is 2.20 bits per heavy atom. The van der Waals surface area contributed by atoms with Crippen molar-refractivity contribution in [2.24, 2.45) is 0 Å². The van der Waals surface area contributed by atoms with E-state index < -0.39 is 42.2 Å². The number of aliphatic hydroxyl groups excluding tert-OH is 1. The number of nitrogens with one attached hydrogen (secondary N) is 2. The van der Waals surface area contributed by atoms with Gasteiger partial charge in [0.1, 0.15) is 17.4 Å². The van der Waals surface area contributed by atoms with Crippen LogP contribution in [0.3, 0.4) is 0 Å². The van der Waals surface area contributed by atoms with Gasteiger partial charge in [0.25, 0.3) is 11.8 Å². The van der Waals surface area contributed by atoms with Gasteiger partial charge < -0.3 is 25.6 Å². The fourth-order valence-corrected chi connectivity index (χ4v) is 3.39. The molecule has 9 nitrogen and oxygen atoms in total. The molecule has 0 radical (unpaired) electrons. The highest BCUT2D eigenvalue weighted by molar-refractivity contribution is 6.00. The predicted molar refractivity (Wildman–Crippen MR) is 131 cm³/mol. The van der Waals surface area contributed by atoms with Gasteiger partial charge in [-0.3, -0.25) is 14.5 Å². The summed E-state index contributed by atoms with van der Waals surface area (Å²) in [4.78, 5) is 39.8. The lowest BCUT2D eigenvalue weighted by molar-refractivity contribution is -0.137. The van der Waals surface area contributed by atoms with Gasteiger partial charge in [-0.15, -0.1) is 0 Å². The van der Waals surface area contributed by atoms with E-state index in [-0.39, 0.29) is 11.3 Å². The molecule has 0 aromatic heterocycles. The lowest BCUT2D eigenvalue weighted by atomic mass is 10.0. The van der Waals surface area contributed by atoms with Gasteiger partial charge in [0.05, 0.1) is 6.61 Å². The molecule has 4 N–H and O–H groups in total. The van der Waals surface area contributed by atoms with Gasteiger partial charge in [-0.25, -0.2) is 4.79 Å². The maximum absolute atomic E-state index is 13.5. The average Bonchev–Trinajstić information content (AvgIpc) is 2.77. The highest BCUT2D eigenvalue weighted by atomic mass is 16.6. The first-order chi connectivity index (χ1) is 16.4. The number of aromatic hydroxyl groups is 1. The molecule has 0 aliphatic heterocycles. The number of carbonyl (C=O) groups excluding carboxylic acids is 3. The van der Waals surface area contributed by atoms with Crippen LogP contribution in [0.2, 0.25) is 0 Å². The Labute approximate surface area is 205 Å². The Morgan fingerprint density at radius 2 is 1.69 bits per heavy atom. The van der Waals surface area contributed by atoms with Crippen LogP contribution in [-0.4, -0.2) is 51.3 Å². The molecule has 9 heteroatoms. The SMILES string of the molecule is C#CN(C(=O)C(CO)NC(=O)OC(C)(C)C)C(C(=O)Nc1c(C)cccc1C)c1ccccc1O. The van der Waals surface area contributed by atoms with Crippen molar-refractivity contribution >= 4 is 23.6 Å². The van der Waals surface area contributed by atoms with E-state index in [1.165, 1.54) is 12.1 Å². The minimum atomic E-state index is -1.50. The first-order valence-corrected chi connectivity index (χ1v) is 10.9. The van der Waals surface area contributed by atoms with Crippen molar-refractivity contribution in [2.45, 2.75) is 52.3 Å². The minimum absolute atomic E-state index is 0.0662. The molecule has 2 rings (SSSR count). The number of rotatable bonds is 7. The Kier molecular flexibility index (Phi) is 8.87. The molecule has 2 aromatic rings. The lowest BCUT2D eigenvalue weighted by Gasteiger charge is -2.30. The summed E-state index contributed by atoms with van der Waals surface area (Å²) < 4.78 is 5.15. The Hall–Kier alpha value is -4.03. The molecule has 0 saturated heterocycles. The molecular weight excluding hydrogens is 450 g/mol. The van der Waals surface area contributed by atoms with Crippen molar-refractivity contribution in [1.82, 2.24) is 10.2 Å². The van der Waals surface area contributed by atoms with Crippen molar-refractivity contribution in [3.05, 3.63) is 59.2 Å². The molecule has 0 fully saturated rings. The number of para-hydroxylation sites is 2. The van der Waals surface area contributed by atoms with Gasteiger partial charge >= 0.3 is 6.09 Å². The monoisotopic (exact) mass is 481 g/mol. The molecule has 0 saturated carbocycles. The summed E-state index contributed by atoms with van der Waals surface area (Å²) in [6.45, 7) is 7.75. The summed E-state index contributed by atoms with van der Waals surface area (Å²) >= 11 is 0. The summed E-state index contributed by atoms with van der Waals surface area (Å²) in [7, 11) is 0. The number of alkyl carbamates (subject to hydrolysis) is 1. The molecule has 2 unspecified atom stereocenters. The summed E-state index contributed by atoms with van der Waals surface area (Å²) in [6.07, 6.45) is 4.70. The Morgan fingerprint density at radius 1 is 1.09 bits per heavy atom. The number of amides is 3. The molecule has 3 amide bonds. The van der Waals surface area contributed by atoms with E-state index in [0.29, 0.717) is 5.69 Å². The third-order valence-electron chi connectivity index (χ3n) is 5.02. The zero-order valence-electron chi connectivity index (χ0n) is 20.5. The van der Waals surface area contributed by atoms with Crippen LogP contribution in [0.1, 0.15) is 43.5 Å². The highest BCUT2D eigenvalue weighted by Gasteiger charge is 2.37. The van der Waals surface area contributed by atoms with Crippen molar-refractivity contribution in [3.8, 4) is 18.2 Å². The van der Waals surface area contributed by atoms with Crippen molar-refractivity contribution in [2.75, 3.05) is 11.9 Å². The largest absolute Gasteiger partial charge is 0.508 e. The van der Waals surface area contributed by atoms with Gasteiger partial charge in [0.15, 0.2) is 6.04 Å². The molecule has 2 aromatic carbocycles. The second-order valence-corrected chi connectivity index (χ2v) is 8.94. The summed E-state index contributed by atoms with van der Waals surface area (Å²) in [5.41, 5.74) is 1.33. The molecule has 35 heavy (non-hydrogen) atoms. The van der Waals surface area contributed by atoms with E-state index in [1.807, 2.05) is 32.0 Å². The summed E-state index contributed by atoms with van der Waals surface area (Å²) in [5, 5.41) is 25.3. The van der Waals surface area contributed by atoms with Crippen LogP contribution in [0.4, 0.5) is 10.5 Å². The van der Waals surface area contributed by atoms with Crippen molar-refractivity contribution in [3.63, 3.8) is 0 Å². The van der Waals surface area contributed by atoms with E-state index >= 15 is 0 Å². The fraction of sp³-hybridized carbons (Fsp3) is 0.346. The van der Waals surface area contributed by atoms with Gasteiger partial charge in [-0.2, -0.15) is 0 Å². The van der Waals surface area contributed by atoms with Gasteiger partial charge in [-0.05, 0) is 51.8 Å². The van der Waals surface area contributed by atoms with E-state index in [9.17, 15) is 24.6 Å². The van der Waals surface area contributed by atoms with E-state index in [0.717, 1.165) is 16.0 Å². The maximum Gasteiger partial charge on any atom is 0.408 e. The van der Waals surface area contributed by atoms with Crippen molar-refractivity contribution in [1.29, 1.82) is 0 Å². The van der Waals surface area contributed by atoms with E-state index in [2.05, 4.69) is 16.7 Å². The number of carbonyl (C=O) groups is 3. The topological polar surface area (TPSA) is 128 Å². The smallest absolute Gasteiger partial charge is 0.408 e. The molecule has 186 valence electrons. The number of aliphatic hydroxyl groups is 1. The predicted octanol–water partition coefficient (Wildman–Crippen LogP) is 2.99. The summed E-state index contributed by atoms with van der Waals surface area (Å²) in [5.74, 6) is -1.89. The number of phenols is 1. The third kappa shape index (κ3) is 6.98. The number of nitrogens with zero attached hydrogens (tertiary/aromatic N) is 1. The van der Waals surface area contributed by atoms with Crippen LogP contribution in [0.25, 0.3) is 0 Å². The number of aryl methyl sites for hydroxylation is 2. The number of terminal acetylenes is 1. The second kappa shape index (κ2) is 11.4. The number of hydrogen-bond acceptors (Lipinski definition) is 6. The number of hydrogen-bond donors (Lipinski definition) is 4. The Balaban J connectivity index is 2.46. The maximum atomic E-state index is 13.5. The van der Waals surface area contributed by atoms with Crippen LogP contribution in [0, 0.1) is 26.3 Å². The lowest BCUT2D eigenvalue weighted by Crippen LogP contribution is -2.52. The molecule has 0 aliphatic rings. The first-order valence-electron chi connectivity index (χ1n) is 10.9. The molecule has 0 bridgehead atoms. The van der Waals surface area contributed by atoms with Gasteiger partial charge in [0, 0.05) is 17.3 Å². The van der Waals surface area contributed by atoms with Crippen LogP contribution in [0.5, 0.6) is 5.75 Å². The highest BCUT2D eigenvalue weighted by Crippen LogP contribution is 2.31. The standard InChI is InChI=1S/C26H31N3O6/c1-7-29(24(33)19(15-30)27-25(34)35-26(4,5)6)22(18-13-8-9-14-20(18)31)23(32)28-21-16(2)11-10-12-17(21)3/h1,8-14,19,22,30-31H,15H2,2-6H3,(H,27,34)(H,28,32). The quantitative estimate of drug-likeness (QED) is 0.356. The first kappa shape index (κ1) is 27.2. The Bertz CT molecular complexity index is 1110. The zero-order chi connectivity index (χ0) is 26.3. The van der Waals surface area contributed by atoms with Crippen LogP contribution >= 0.6 is 0 Å². The molecule has 0 heterocycles. The van der Waals surface area contributed by atoms with Crippen LogP contribution < -0.4 is 10.6 Å². The summed E-state index contributed by atoms with van der Waals surface area (Å²) in [6, 6.07) is 10.6. The van der Waals surface area contributed by atoms with Gasteiger partial charge in [-0.1, -0.05) is 42.8 Å². The van der Waals surface area contributed by atoms with Crippen LogP contribution in [0.15, 0.2) is 42.5 Å². The normalized spacial score (nSPS) is 12.6. The van der Waals surface area contributed by atoms with Crippen LogP contribution in [-0.2, 0) is 14.3 Å². The van der Waals surface area contributed by atoms with Crippen molar-refractivity contribution < 1.29 is 29.3 Å². The number of anilines is 1. The average molecular weight is 482 g/mol. The number of phenolic OH excluding ortho intramolecular Hbond substituents is 1. The third-order valence-corrected chi connectivity index (χ3v) is 5.02. The molecular formula is C26H31N3O6. The van der Waals surface area contributed by atoms with E-state index in [4.69, 9.17) is 11.2 Å².